The van der Waals surface area contributed by atoms with Gasteiger partial charge in [0.2, 0.25) is 5.91 Å². The van der Waals surface area contributed by atoms with Crippen LogP contribution in [0, 0.1) is 7.05 Å². The Kier molecular flexibility index (Phi) is 1.71. The van der Waals surface area contributed by atoms with Crippen molar-refractivity contribution < 1.29 is 4.79 Å². The molecular formula is C6H11N2O. The van der Waals surface area contributed by atoms with E-state index in [1.54, 1.807) is 0 Å². The first kappa shape index (κ1) is 6.55. The Balaban J connectivity index is 2.44. The van der Waals surface area contributed by atoms with E-state index < -0.39 is 0 Å². The summed E-state index contributed by atoms with van der Waals surface area (Å²) in [4.78, 5) is 14.3. The van der Waals surface area contributed by atoms with E-state index in [2.05, 4.69) is 7.05 Å². The molecule has 1 saturated heterocycles. The molecule has 0 aromatic rings. The van der Waals surface area contributed by atoms with E-state index in [0.29, 0.717) is 6.54 Å². The maximum atomic E-state index is 10.8. The van der Waals surface area contributed by atoms with Crippen LogP contribution in [0.15, 0.2) is 0 Å². The second-order valence-corrected chi connectivity index (χ2v) is 2.39. The van der Waals surface area contributed by atoms with Gasteiger partial charge >= 0.3 is 0 Å². The quantitative estimate of drug-likeness (QED) is 0.440. The first-order valence-corrected chi connectivity index (χ1v) is 2.99. The predicted octanol–water partition coefficient (Wildman–Crippen LogP) is -0.448. The van der Waals surface area contributed by atoms with E-state index in [-0.39, 0.29) is 5.91 Å². The smallest absolute Gasteiger partial charge is 0.236 e. The molecule has 0 spiro atoms. The van der Waals surface area contributed by atoms with Crippen LogP contribution in [0.3, 0.4) is 0 Å². The predicted molar refractivity (Wildman–Crippen MR) is 34.6 cm³/mol. The lowest BCUT2D eigenvalue weighted by Gasteiger charge is -2.28. The molecule has 1 fully saturated rings. The lowest BCUT2D eigenvalue weighted by Crippen LogP contribution is -2.45. The van der Waals surface area contributed by atoms with Crippen molar-refractivity contribution in [1.82, 2.24) is 9.80 Å². The highest BCUT2D eigenvalue weighted by atomic mass is 16.2. The first-order valence-electron chi connectivity index (χ1n) is 2.99. The van der Waals surface area contributed by atoms with Crippen molar-refractivity contribution in [3.8, 4) is 0 Å². The van der Waals surface area contributed by atoms with Gasteiger partial charge in [-0.15, -0.1) is 0 Å². The second-order valence-electron chi connectivity index (χ2n) is 2.39. The van der Waals surface area contributed by atoms with Gasteiger partial charge in [0.05, 0.1) is 6.54 Å². The van der Waals surface area contributed by atoms with Crippen LogP contribution >= 0.6 is 0 Å². The maximum Gasteiger partial charge on any atom is 0.236 e. The van der Waals surface area contributed by atoms with Crippen molar-refractivity contribution in [1.29, 1.82) is 0 Å². The zero-order valence-corrected chi connectivity index (χ0v) is 5.63. The Morgan fingerprint density at radius 1 is 1.56 bits per heavy atom. The fraction of sp³-hybridized carbons (Fsp3) is 0.667. The Labute approximate surface area is 55.2 Å². The summed E-state index contributed by atoms with van der Waals surface area (Å²) in [7, 11) is 5.51. The summed E-state index contributed by atoms with van der Waals surface area (Å²) >= 11 is 0. The molecule has 0 bridgehead atoms. The van der Waals surface area contributed by atoms with Crippen molar-refractivity contribution >= 4 is 5.91 Å². The van der Waals surface area contributed by atoms with Crippen molar-refractivity contribution in [2.45, 2.75) is 0 Å². The summed E-state index contributed by atoms with van der Waals surface area (Å²) in [5, 5.41) is 0. The normalized spacial score (nSPS) is 22.9. The van der Waals surface area contributed by atoms with Gasteiger partial charge in [-0.3, -0.25) is 9.69 Å². The lowest BCUT2D eigenvalue weighted by atomic mass is 10.3. The van der Waals surface area contributed by atoms with Crippen LogP contribution in [0.5, 0.6) is 0 Å². The van der Waals surface area contributed by atoms with Crippen LogP contribution < -0.4 is 0 Å². The molecule has 1 aliphatic rings. The van der Waals surface area contributed by atoms with Gasteiger partial charge in [-0.05, 0) is 7.05 Å². The van der Waals surface area contributed by atoms with E-state index in [0.717, 1.165) is 13.1 Å². The fourth-order valence-electron chi connectivity index (χ4n) is 0.826. The SMILES string of the molecule is [CH2]N1CCN(C)CC1=O. The molecule has 0 aromatic heterocycles. The summed E-state index contributed by atoms with van der Waals surface area (Å²) in [5.74, 6) is 0.115. The minimum absolute atomic E-state index is 0.115. The third-order valence-corrected chi connectivity index (χ3v) is 1.51. The molecule has 3 heteroatoms. The molecule has 0 aromatic carbocycles. The van der Waals surface area contributed by atoms with Crippen molar-refractivity contribution in [3.05, 3.63) is 7.05 Å². The highest BCUT2D eigenvalue weighted by Gasteiger charge is 2.16. The highest BCUT2D eigenvalue weighted by Crippen LogP contribution is 1.97. The van der Waals surface area contributed by atoms with Gasteiger partial charge in [0, 0.05) is 20.1 Å². The molecule has 0 saturated carbocycles. The molecule has 9 heavy (non-hydrogen) atoms. The number of nitrogens with zero attached hydrogens (tertiary/aromatic N) is 2. The zero-order chi connectivity index (χ0) is 6.85. The van der Waals surface area contributed by atoms with Crippen LogP contribution in [-0.4, -0.2) is 42.4 Å². The number of amides is 1. The third-order valence-electron chi connectivity index (χ3n) is 1.51. The fourth-order valence-corrected chi connectivity index (χ4v) is 0.826. The Morgan fingerprint density at radius 3 is 2.67 bits per heavy atom. The van der Waals surface area contributed by atoms with Gasteiger partial charge in [0.1, 0.15) is 0 Å². The Morgan fingerprint density at radius 2 is 2.22 bits per heavy atom. The van der Waals surface area contributed by atoms with E-state index >= 15 is 0 Å². The van der Waals surface area contributed by atoms with Gasteiger partial charge in [-0.1, -0.05) is 0 Å². The Bertz CT molecular complexity index is 124. The lowest BCUT2D eigenvalue weighted by molar-refractivity contribution is -0.132. The summed E-state index contributed by atoms with van der Waals surface area (Å²) in [6.07, 6.45) is 0. The molecule has 1 amide bonds. The number of hydrogen-bond donors (Lipinski definition) is 0. The molecule has 0 atom stereocenters. The molecule has 51 valence electrons. The molecule has 1 aliphatic heterocycles. The summed E-state index contributed by atoms with van der Waals surface area (Å²) < 4.78 is 0. The second kappa shape index (κ2) is 2.35. The van der Waals surface area contributed by atoms with E-state index in [4.69, 9.17) is 0 Å². The van der Waals surface area contributed by atoms with Crippen molar-refractivity contribution in [2.24, 2.45) is 0 Å². The van der Waals surface area contributed by atoms with Gasteiger partial charge in [-0.25, -0.2) is 0 Å². The number of rotatable bonds is 0. The number of likely N-dealkylation sites (N-methyl/N-ethyl adjacent to an activating group) is 1. The van der Waals surface area contributed by atoms with E-state index in [1.165, 1.54) is 4.90 Å². The van der Waals surface area contributed by atoms with Crippen LogP contribution in [0.1, 0.15) is 0 Å². The van der Waals surface area contributed by atoms with Gasteiger partial charge < -0.3 is 4.90 Å². The van der Waals surface area contributed by atoms with E-state index in [9.17, 15) is 4.79 Å². The minimum atomic E-state index is 0.115. The molecule has 3 nitrogen and oxygen atoms in total. The number of carbonyl (C=O) groups is 1. The van der Waals surface area contributed by atoms with Crippen LogP contribution in [-0.2, 0) is 4.79 Å². The number of carbonyl (C=O) groups excluding carboxylic acids is 1. The average molecular weight is 127 g/mol. The topological polar surface area (TPSA) is 23.6 Å². The van der Waals surface area contributed by atoms with Crippen LogP contribution in [0.2, 0.25) is 0 Å². The Hall–Kier alpha value is -0.570. The molecule has 0 N–H and O–H groups in total. The monoisotopic (exact) mass is 127 g/mol. The molecule has 1 heterocycles. The van der Waals surface area contributed by atoms with Gasteiger partial charge in [0.25, 0.3) is 0 Å². The molecular weight excluding hydrogens is 116 g/mol. The highest BCUT2D eigenvalue weighted by molar-refractivity contribution is 5.79. The van der Waals surface area contributed by atoms with Crippen molar-refractivity contribution in [2.75, 3.05) is 26.7 Å². The average Bonchev–Trinajstić information content (AvgIpc) is 1.80. The first-order chi connectivity index (χ1) is 4.20. The van der Waals surface area contributed by atoms with Crippen LogP contribution in [0.4, 0.5) is 0 Å². The molecule has 0 aliphatic carbocycles. The summed E-state index contributed by atoms with van der Waals surface area (Å²) in [6, 6.07) is 0. The minimum Gasteiger partial charge on any atom is -0.339 e. The third kappa shape index (κ3) is 1.42. The molecule has 1 radical (unpaired) electrons. The maximum absolute atomic E-state index is 10.8. The molecule has 1 rings (SSSR count). The van der Waals surface area contributed by atoms with Gasteiger partial charge in [0.15, 0.2) is 0 Å². The summed E-state index contributed by atoms with van der Waals surface area (Å²) in [6.45, 7) is 2.22. The number of hydrogen-bond acceptors (Lipinski definition) is 2. The zero-order valence-electron chi connectivity index (χ0n) is 5.63. The number of piperazine rings is 1. The van der Waals surface area contributed by atoms with Gasteiger partial charge in [-0.2, -0.15) is 0 Å². The van der Waals surface area contributed by atoms with Crippen molar-refractivity contribution in [3.63, 3.8) is 0 Å². The van der Waals surface area contributed by atoms with Crippen LogP contribution in [0.25, 0.3) is 0 Å². The standard InChI is InChI=1S/C6H11N2O/c1-7-3-4-8(2)6(9)5-7/h2-5H2,1H3. The molecule has 0 unspecified atom stereocenters. The van der Waals surface area contributed by atoms with E-state index in [1.807, 2.05) is 11.9 Å². The summed E-state index contributed by atoms with van der Waals surface area (Å²) in [5.41, 5.74) is 0. The largest absolute Gasteiger partial charge is 0.339 e.